The monoisotopic (exact) mass is 288 g/mol. The number of aliphatic carboxylic acids is 1. The number of amides is 4. The number of rotatable bonds is 5. The predicted molar refractivity (Wildman–Crippen MR) is 74.5 cm³/mol. The molecular formula is C12H24N4O4. The molecule has 20 heavy (non-hydrogen) atoms. The summed E-state index contributed by atoms with van der Waals surface area (Å²) in [4.78, 5) is 35.2. The first-order valence-electron chi connectivity index (χ1n) is 6.28. The number of urea groups is 2. The van der Waals surface area contributed by atoms with Gasteiger partial charge in [-0.1, -0.05) is 20.8 Å². The first-order chi connectivity index (χ1) is 9.05. The van der Waals surface area contributed by atoms with Crippen LogP contribution in [0.1, 0.15) is 20.8 Å². The van der Waals surface area contributed by atoms with Crippen molar-refractivity contribution in [3.8, 4) is 0 Å². The number of nitrogens with one attached hydrogen (secondary N) is 3. The molecule has 0 radical (unpaired) electrons. The maximum Gasteiger partial charge on any atom is 0.326 e. The minimum atomic E-state index is -1.09. The Morgan fingerprint density at radius 1 is 1.10 bits per heavy atom. The molecule has 0 rings (SSSR count). The zero-order valence-corrected chi connectivity index (χ0v) is 12.6. The zero-order valence-electron chi connectivity index (χ0n) is 12.6. The summed E-state index contributed by atoms with van der Waals surface area (Å²) in [6.07, 6.45) is 0. The third-order valence-electron chi connectivity index (χ3n) is 2.48. The fourth-order valence-electron chi connectivity index (χ4n) is 1.33. The maximum atomic E-state index is 11.6. The number of carboxylic acid groups (broad SMARTS) is 1. The third-order valence-corrected chi connectivity index (χ3v) is 2.48. The van der Waals surface area contributed by atoms with Crippen LogP contribution < -0.4 is 16.0 Å². The Balaban J connectivity index is 4.11. The van der Waals surface area contributed by atoms with Gasteiger partial charge in [-0.2, -0.15) is 0 Å². The van der Waals surface area contributed by atoms with Gasteiger partial charge in [-0.05, 0) is 5.41 Å². The van der Waals surface area contributed by atoms with Crippen LogP contribution in [0.5, 0.6) is 0 Å². The molecule has 0 bridgehead atoms. The lowest BCUT2D eigenvalue weighted by Crippen LogP contribution is -2.53. The second-order valence-corrected chi connectivity index (χ2v) is 5.66. The first-order valence-corrected chi connectivity index (χ1v) is 6.28. The van der Waals surface area contributed by atoms with Gasteiger partial charge in [0, 0.05) is 27.2 Å². The summed E-state index contributed by atoms with van der Waals surface area (Å²) in [5.74, 6) is -1.09. The summed E-state index contributed by atoms with van der Waals surface area (Å²) >= 11 is 0. The minimum Gasteiger partial charge on any atom is -0.480 e. The van der Waals surface area contributed by atoms with Crippen LogP contribution in [0.3, 0.4) is 0 Å². The van der Waals surface area contributed by atoms with Crippen molar-refractivity contribution >= 4 is 18.0 Å². The van der Waals surface area contributed by atoms with Crippen LogP contribution in [0.4, 0.5) is 9.59 Å². The summed E-state index contributed by atoms with van der Waals surface area (Å²) in [6.45, 7) is 5.65. The predicted octanol–water partition coefficient (Wildman–Crippen LogP) is 0.0561. The van der Waals surface area contributed by atoms with E-state index in [4.69, 9.17) is 5.11 Å². The average molecular weight is 288 g/mol. The Kier molecular flexibility index (Phi) is 6.81. The normalized spacial score (nSPS) is 12.2. The third kappa shape index (κ3) is 6.81. The van der Waals surface area contributed by atoms with Gasteiger partial charge < -0.3 is 26.0 Å². The lowest BCUT2D eigenvalue weighted by molar-refractivity contribution is -0.141. The molecule has 8 heteroatoms. The summed E-state index contributed by atoms with van der Waals surface area (Å²) in [7, 11) is 3.21. The van der Waals surface area contributed by atoms with Crippen LogP contribution in [-0.4, -0.2) is 61.3 Å². The molecule has 0 aliphatic rings. The molecule has 1 atom stereocenters. The van der Waals surface area contributed by atoms with E-state index in [2.05, 4.69) is 16.0 Å². The SMILES string of the molecule is CN(C)C(=O)NCCNC(=O)N[C@@H](C(=O)O)C(C)(C)C. The van der Waals surface area contributed by atoms with Crippen molar-refractivity contribution in [1.29, 1.82) is 0 Å². The molecule has 0 aliphatic heterocycles. The number of carbonyl (C=O) groups excluding carboxylic acids is 2. The van der Waals surface area contributed by atoms with Crippen molar-refractivity contribution < 1.29 is 19.5 Å². The minimum absolute atomic E-state index is 0.210. The Morgan fingerprint density at radius 2 is 1.60 bits per heavy atom. The smallest absolute Gasteiger partial charge is 0.326 e. The van der Waals surface area contributed by atoms with Gasteiger partial charge in [-0.15, -0.1) is 0 Å². The fraction of sp³-hybridized carbons (Fsp3) is 0.750. The maximum absolute atomic E-state index is 11.6. The van der Waals surface area contributed by atoms with E-state index in [1.807, 2.05) is 0 Å². The zero-order chi connectivity index (χ0) is 15.9. The lowest BCUT2D eigenvalue weighted by atomic mass is 9.87. The molecule has 116 valence electrons. The van der Waals surface area contributed by atoms with Crippen molar-refractivity contribution in [2.24, 2.45) is 5.41 Å². The van der Waals surface area contributed by atoms with E-state index in [1.165, 1.54) is 4.90 Å². The molecule has 0 saturated carbocycles. The molecule has 0 saturated heterocycles. The number of hydrogen-bond donors (Lipinski definition) is 4. The molecule has 4 N–H and O–H groups in total. The van der Waals surface area contributed by atoms with Gasteiger partial charge in [-0.25, -0.2) is 14.4 Å². The van der Waals surface area contributed by atoms with Crippen LogP contribution in [0.25, 0.3) is 0 Å². The molecule has 8 nitrogen and oxygen atoms in total. The Labute approximate surface area is 118 Å². The van der Waals surface area contributed by atoms with Gasteiger partial charge in [-0.3, -0.25) is 0 Å². The highest BCUT2D eigenvalue weighted by molar-refractivity contribution is 5.83. The fourth-order valence-corrected chi connectivity index (χ4v) is 1.33. The highest BCUT2D eigenvalue weighted by Crippen LogP contribution is 2.19. The van der Waals surface area contributed by atoms with Crippen LogP contribution in [0.15, 0.2) is 0 Å². The molecule has 0 aromatic rings. The van der Waals surface area contributed by atoms with Gasteiger partial charge >= 0.3 is 18.0 Å². The second-order valence-electron chi connectivity index (χ2n) is 5.66. The molecule has 0 heterocycles. The van der Waals surface area contributed by atoms with Gasteiger partial charge in [0.1, 0.15) is 6.04 Å². The summed E-state index contributed by atoms with van der Waals surface area (Å²) in [5.41, 5.74) is -0.595. The van der Waals surface area contributed by atoms with Crippen molar-refractivity contribution in [3.05, 3.63) is 0 Å². The average Bonchev–Trinajstić information content (AvgIpc) is 2.29. The Morgan fingerprint density at radius 3 is 2.00 bits per heavy atom. The molecule has 0 aromatic heterocycles. The summed E-state index contributed by atoms with van der Waals surface area (Å²) < 4.78 is 0. The Bertz CT molecular complexity index is 363. The molecule has 0 unspecified atom stereocenters. The van der Waals surface area contributed by atoms with Crippen molar-refractivity contribution in [3.63, 3.8) is 0 Å². The quantitative estimate of drug-likeness (QED) is 0.536. The van der Waals surface area contributed by atoms with E-state index in [0.717, 1.165) is 0 Å². The number of nitrogens with zero attached hydrogens (tertiary/aromatic N) is 1. The lowest BCUT2D eigenvalue weighted by Gasteiger charge is -2.27. The highest BCUT2D eigenvalue weighted by Gasteiger charge is 2.32. The summed E-state index contributed by atoms with van der Waals surface area (Å²) in [5, 5.41) is 16.5. The largest absolute Gasteiger partial charge is 0.480 e. The van der Waals surface area contributed by atoms with E-state index >= 15 is 0 Å². The molecule has 0 aromatic carbocycles. The van der Waals surface area contributed by atoms with Crippen molar-refractivity contribution in [2.45, 2.75) is 26.8 Å². The van der Waals surface area contributed by atoms with Crippen LogP contribution >= 0.6 is 0 Å². The first kappa shape index (κ1) is 18.0. The van der Waals surface area contributed by atoms with E-state index in [-0.39, 0.29) is 19.1 Å². The van der Waals surface area contributed by atoms with Crippen LogP contribution in [0, 0.1) is 5.41 Å². The van der Waals surface area contributed by atoms with Crippen LogP contribution in [0.2, 0.25) is 0 Å². The number of carboxylic acids is 1. The second kappa shape index (κ2) is 7.56. The van der Waals surface area contributed by atoms with E-state index in [0.29, 0.717) is 0 Å². The topological polar surface area (TPSA) is 111 Å². The number of carbonyl (C=O) groups is 3. The highest BCUT2D eigenvalue weighted by atomic mass is 16.4. The van der Waals surface area contributed by atoms with Crippen molar-refractivity contribution in [1.82, 2.24) is 20.9 Å². The number of hydrogen-bond acceptors (Lipinski definition) is 3. The van der Waals surface area contributed by atoms with E-state index < -0.39 is 23.5 Å². The molecule has 0 spiro atoms. The van der Waals surface area contributed by atoms with Crippen LogP contribution in [-0.2, 0) is 4.79 Å². The van der Waals surface area contributed by atoms with E-state index in [9.17, 15) is 14.4 Å². The van der Waals surface area contributed by atoms with Gasteiger partial charge in [0.25, 0.3) is 0 Å². The standard InChI is InChI=1S/C12H24N4O4/c1-12(2,3)8(9(17)18)15-10(19)13-6-7-14-11(20)16(4)5/h8H,6-7H2,1-5H3,(H,14,20)(H,17,18)(H2,13,15,19)/t8-/m0/s1. The van der Waals surface area contributed by atoms with Gasteiger partial charge in [0.2, 0.25) is 0 Å². The summed E-state index contributed by atoms with van der Waals surface area (Å²) in [6, 6.07) is -1.82. The Hall–Kier alpha value is -1.99. The van der Waals surface area contributed by atoms with Crippen molar-refractivity contribution in [2.75, 3.05) is 27.2 Å². The molecule has 0 fully saturated rings. The van der Waals surface area contributed by atoms with Gasteiger partial charge in [0.05, 0.1) is 0 Å². The van der Waals surface area contributed by atoms with E-state index in [1.54, 1.807) is 34.9 Å². The van der Waals surface area contributed by atoms with Gasteiger partial charge in [0.15, 0.2) is 0 Å². The molecule has 4 amide bonds. The molecule has 0 aliphatic carbocycles. The molecular weight excluding hydrogens is 264 g/mol.